The zero-order valence-corrected chi connectivity index (χ0v) is 14.9. The van der Waals surface area contributed by atoms with Crippen molar-refractivity contribution in [3.05, 3.63) is 52.3 Å². The van der Waals surface area contributed by atoms with E-state index in [-0.39, 0.29) is 0 Å². The molecule has 1 aromatic heterocycles. The van der Waals surface area contributed by atoms with Gasteiger partial charge in [0.15, 0.2) is 0 Å². The number of hydrogen-bond acceptors (Lipinski definition) is 1. The van der Waals surface area contributed by atoms with Crippen LogP contribution in [-0.4, -0.2) is 10.8 Å². The Hall–Kier alpha value is -1.83. The van der Waals surface area contributed by atoms with Crippen LogP contribution in [0.2, 0.25) is 0 Å². The molecular weight excluding hydrogens is 280 g/mol. The number of aromatic nitrogens is 1. The second-order valence-electron chi connectivity index (χ2n) is 7.04. The summed E-state index contributed by atoms with van der Waals surface area (Å²) < 4.78 is 2.54. The van der Waals surface area contributed by atoms with Gasteiger partial charge in [0.05, 0.1) is 5.69 Å². The van der Waals surface area contributed by atoms with Gasteiger partial charge in [0.2, 0.25) is 0 Å². The van der Waals surface area contributed by atoms with Crippen LogP contribution in [0.4, 0.5) is 5.69 Å². The summed E-state index contributed by atoms with van der Waals surface area (Å²) in [4.78, 5) is 4.74. The van der Waals surface area contributed by atoms with Crippen LogP contribution in [0, 0.1) is 27.7 Å². The lowest BCUT2D eigenvalue weighted by Gasteiger charge is -2.26. The molecule has 0 saturated heterocycles. The zero-order chi connectivity index (χ0) is 16.4. The second-order valence-corrected chi connectivity index (χ2v) is 7.04. The molecule has 2 aromatic rings. The lowest BCUT2D eigenvalue weighted by molar-refractivity contribution is 0.346. The van der Waals surface area contributed by atoms with Crippen molar-refractivity contribution < 1.29 is 0 Å². The molecule has 1 saturated carbocycles. The Labute approximate surface area is 140 Å². The SMILES string of the molecule is Cc1ccc(N=Cc2cc(C)n(C3CCCCC3)c2C)c(C)c1. The molecule has 1 aliphatic carbocycles. The summed E-state index contributed by atoms with van der Waals surface area (Å²) in [7, 11) is 0. The number of aryl methyl sites for hydroxylation is 3. The van der Waals surface area contributed by atoms with Gasteiger partial charge in [0, 0.05) is 29.2 Å². The third kappa shape index (κ3) is 3.41. The molecule has 122 valence electrons. The molecule has 0 amide bonds. The second kappa shape index (κ2) is 6.74. The molecule has 0 unspecified atom stereocenters. The third-order valence-corrected chi connectivity index (χ3v) is 5.16. The van der Waals surface area contributed by atoms with Crippen LogP contribution in [0.5, 0.6) is 0 Å². The van der Waals surface area contributed by atoms with Crippen molar-refractivity contribution in [1.29, 1.82) is 0 Å². The maximum Gasteiger partial charge on any atom is 0.0659 e. The highest BCUT2D eigenvalue weighted by Crippen LogP contribution is 2.32. The van der Waals surface area contributed by atoms with Crippen molar-refractivity contribution in [2.75, 3.05) is 0 Å². The van der Waals surface area contributed by atoms with Crippen LogP contribution in [0.15, 0.2) is 29.3 Å². The fourth-order valence-electron chi connectivity index (χ4n) is 3.92. The summed E-state index contributed by atoms with van der Waals surface area (Å²) >= 11 is 0. The van der Waals surface area contributed by atoms with E-state index in [1.165, 1.54) is 60.2 Å². The quantitative estimate of drug-likeness (QED) is 0.621. The Balaban J connectivity index is 1.87. The van der Waals surface area contributed by atoms with Crippen LogP contribution in [0.3, 0.4) is 0 Å². The largest absolute Gasteiger partial charge is 0.345 e. The summed E-state index contributed by atoms with van der Waals surface area (Å²) in [5.41, 5.74) is 7.59. The van der Waals surface area contributed by atoms with Gasteiger partial charge in [0.1, 0.15) is 0 Å². The Kier molecular flexibility index (Phi) is 4.70. The van der Waals surface area contributed by atoms with Crippen LogP contribution < -0.4 is 0 Å². The lowest BCUT2D eigenvalue weighted by atomic mass is 9.95. The maximum absolute atomic E-state index is 4.74. The van der Waals surface area contributed by atoms with Crippen LogP contribution in [-0.2, 0) is 0 Å². The van der Waals surface area contributed by atoms with E-state index in [2.05, 4.69) is 56.5 Å². The van der Waals surface area contributed by atoms with E-state index in [0.717, 1.165) is 5.69 Å². The number of benzene rings is 1. The van der Waals surface area contributed by atoms with Crippen molar-refractivity contribution in [1.82, 2.24) is 4.57 Å². The molecule has 1 heterocycles. The van der Waals surface area contributed by atoms with E-state index < -0.39 is 0 Å². The Morgan fingerprint density at radius 2 is 1.74 bits per heavy atom. The van der Waals surface area contributed by atoms with Crippen molar-refractivity contribution in [2.45, 2.75) is 65.8 Å². The molecule has 2 nitrogen and oxygen atoms in total. The summed E-state index contributed by atoms with van der Waals surface area (Å²) in [6, 6.07) is 9.41. The molecule has 1 aliphatic rings. The van der Waals surface area contributed by atoms with E-state index in [1.807, 2.05) is 6.21 Å². The number of aliphatic imine (C=N–C) groups is 1. The molecular formula is C21H28N2. The van der Waals surface area contributed by atoms with E-state index in [0.29, 0.717) is 6.04 Å². The van der Waals surface area contributed by atoms with E-state index in [4.69, 9.17) is 4.99 Å². The minimum atomic E-state index is 0.687. The van der Waals surface area contributed by atoms with Gasteiger partial charge in [-0.3, -0.25) is 4.99 Å². The van der Waals surface area contributed by atoms with Crippen LogP contribution in [0.1, 0.15) is 66.2 Å². The van der Waals surface area contributed by atoms with Crippen molar-refractivity contribution >= 4 is 11.9 Å². The van der Waals surface area contributed by atoms with Gasteiger partial charge in [-0.2, -0.15) is 0 Å². The highest BCUT2D eigenvalue weighted by atomic mass is 15.0. The minimum Gasteiger partial charge on any atom is -0.345 e. The Morgan fingerprint density at radius 1 is 1.00 bits per heavy atom. The van der Waals surface area contributed by atoms with Crippen LogP contribution >= 0.6 is 0 Å². The Bertz CT molecular complexity index is 716. The zero-order valence-electron chi connectivity index (χ0n) is 14.9. The molecule has 0 atom stereocenters. The van der Waals surface area contributed by atoms with Gasteiger partial charge in [-0.05, 0) is 58.2 Å². The predicted molar refractivity (Wildman–Crippen MR) is 99.2 cm³/mol. The fourth-order valence-corrected chi connectivity index (χ4v) is 3.92. The molecule has 3 rings (SSSR count). The first kappa shape index (κ1) is 16.0. The van der Waals surface area contributed by atoms with E-state index in [1.54, 1.807) is 0 Å². The van der Waals surface area contributed by atoms with E-state index >= 15 is 0 Å². The molecule has 0 radical (unpaired) electrons. The predicted octanol–water partition coefficient (Wildman–Crippen LogP) is 5.98. The van der Waals surface area contributed by atoms with E-state index in [9.17, 15) is 0 Å². The third-order valence-electron chi connectivity index (χ3n) is 5.16. The monoisotopic (exact) mass is 308 g/mol. The molecule has 1 aromatic carbocycles. The minimum absolute atomic E-state index is 0.687. The summed E-state index contributed by atoms with van der Waals surface area (Å²) in [6.07, 6.45) is 8.83. The standard InChI is InChI=1S/C21H28N2/c1-15-10-11-21(16(2)12-15)22-14-19-13-17(3)23(18(19)4)20-8-6-5-7-9-20/h10-14,20H,5-9H2,1-4H3. The normalized spacial score (nSPS) is 16.3. The molecule has 23 heavy (non-hydrogen) atoms. The molecule has 1 fully saturated rings. The molecule has 2 heteroatoms. The molecule has 0 spiro atoms. The maximum atomic E-state index is 4.74. The first-order valence-corrected chi connectivity index (χ1v) is 8.86. The highest BCUT2D eigenvalue weighted by molar-refractivity contribution is 5.84. The van der Waals surface area contributed by atoms with Gasteiger partial charge < -0.3 is 4.57 Å². The molecule has 0 bridgehead atoms. The average molecular weight is 308 g/mol. The number of nitrogens with zero attached hydrogens (tertiary/aromatic N) is 2. The number of rotatable bonds is 3. The smallest absolute Gasteiger partial charge is 0.0659 e. The van der Waals surface area contributed by atoms with Gasteiger partial charge in [-0.25, -0.2) is 0 Å². The molecule has 0 aliphatic heterocycles. The highest BCUT2D eigenvalue weighted by Gasteiger charge is 2.19. The summed E-state index contributed by atoms with van der Waals surface area (Å²) in [5, 5.41) is 0. The number of hydrogen-bond donors (Lipinski definition) is 0. The lowest BCUT2D eigenvalue weighted by Crippen LogP contribution is -2.15. The van der Waals surface area contributed by atoms with Gasteiger partial charge in [0.25, 0.3) is 0 Å². The summed E-state index contributed by atoms with van der Waals surface area (Å²) in [6.45, 7) is 8.73. The van der Waals surface area contributed by atoms with Gasteiger partial charge in [-0.15, -0.1) is 0 Å². The summed E-state index contributed by atoms with van der Waals surface area (Å²) in [5.74, 6) is 0. The fraction of sp³-hybridized carbons (Fsp3) is 0.476. The van der Waals surface area contributed by atoms with Crippen molar-refractivity contribution in [3.8, 4) is 0 Å². The topological polar surface area (TPSA) is 17.3 Å². The molecule has 0 N–H and O–H groups in total. The van der Waals surface area contributed by atoms with Crippen LogP contribution in [0.25, 0.3) is 0 Å². The van der Waals surface area contributed by atoms with Crippen molar-refractivity contribution in [2.24, 2.45) is 4.99 Å². The first-order chi connectivity index (χ1) is 11.1. The first-order valence-electron chi connectivity index (χ1n) is 8.86. The van der Waals surface area contributed by atoms with Crippen molar-refractivity contribution in [3.63, 3.8) is 0 Å². The Morgan fingerprint density at radius 3 is 2.43 bits per heavy atom. The average Bonchev–Trinajstić information content (AvgIpc) is 2.81. The van der Waals surface area contributed by atoms with Gasteiger partial charge in [-0.1, -0.05) is 37.0 Å². The van der Waals surface area contributed by atoms with Gasteiger partial charge >= 0.3 is 0 Å².